The Morgan fingerprint density at radius 2 is 2.00 bits per heavy atom. The highest BCUT2D eigenvalue weighted by molar-refractivity contribution is 9.10. The average molecular weight is 371 g/mol. The van der Waals surface area contributed by atoms with E-state index in [0.29, 0.717) is 0 Å². The molecule has 0 aliphatic carbocycles. The monoisotopic (exact) mass is 370 g/mol. The molecule has 1 aliphatic rings. The Kier molecular flexibility index (Phi) is 3.60. The van der Waals surface area contributed by atoms with Crippen LogP contribution in [0.3, 0.4) is 0 Å². The summed E-state index contributed by atoms with van der Waals surface area (Å²) in [5, 5.41) is 15.8. The molecule has 0 saturated carbocycles. The Morgan fingerprint density at radius 1 is 1.32 bits per heavy atom. The molecule has 0 amide bonds. The highest BCUT2D eigenvalue weighted by Gasteiger charge is 2.46. The van der Waals surface area contributed by atoms with Crippen LogP contribution in [0.1, 0.15) is 29.6 Å². The molecule has 114 valence electrons. The van der Waals surface area contributed by atoms with Crippen molar-refractivity contribution in [3.63, 3.8) is 0 Å². The Balaban J connectivity index is 2.03. The van der Waals surface area contributed by atoms with Gasteiger partial charge in [0, 0.05) is 10.9 Å². The molecule has 22 heavy (non-hydrogen) atoms. The van der Waals surface area contributed by atoms with Crippen LogP contribution in [0.15, 0.2) is 34.9 Å². The summed E-state index contributed by atoms with van der Waals surface area (Å²) in [4.78, 5) is 0. The van der Waals surface area contributed by atoms with Gasteiger partial charge in [-0.3, -0.25) is 0 Å². The molecule has 1 aromatic heterocycles. The van der Waals surface area contributed by atoms with Gasteiger partial charge in [0.15, 0.2) is 6.04 Å². The fourth-order valence-electron chi connectivity index (χ4n) is 2.56. The standard InChI is InChI=1S/C14H10BrF3N4/c15-10-3-1-8(2-4-10)11-5-12(14(16,17)18)22-13(21-11)9(6-19)7-20-22/h1-4,7,11-12,21H,5H2/t11-,12+/m0/s1. The molecule has 3 rings (SSSR count). The number of halogens is 4. The summed E-state index contributed by atoms with van der Waals surface area (Å²) in [6, 6.07) is 6.65. The number of hydrogen-bond acceptors (Lipinski definition) is 3. The zero-order valence-electron chi connectivity index (χ0n) is 11.1. The molecule has 1 aliphatic heterocycles. The Bertz CT molecular complexity index is 730. The Labute approximate surface area is 132 Å². The van der Waals surface area contributed by atoms with Crippen LogP contribution in [-0.4, -0.2) is 16.0 Å². The minimum Gasteiger partial charge on any atom is -0.362 e. The highest BCUT2D eigenvalue weighted by atomic mass is 79.9. The average Bonchev–Trinajstić information content (AvgIpc) is 2.88. The molecule has 4 nitrogen and oxygen atoms in total. The third kappa shape index (κ3) is 2.57. The van der Waals surface area contributed by atoms with E-state index in [2.05, 4.69) is 26.3 Å². The number of benzene rings is 1. The van der Waals surface area contributed by atoms with Crippen molar-refractivity contribution < 1.29 is 13.2 Å². The van der Waals surface area contributed by atoms with E-state index < -0.39 is 18.3 Å². The van der Waals surface area contributed by atoms with Crippen LogP contribution in [0.2, 0.25) is 0 Å². The van der Waals surface area contributed by atoms with Crippen molar-refractivity contribution in [2.75, 3.05) is 5.32 Å². The third-order valence-electron chi connectivity index (χ3n) is 3.63. The Hall–Kier alpha value is -2.01. The lowest BCUT2D eigenvalue weighted by atomic mass is 9.97. The molecule has 1 N–H and O–H groups in total. The number of nitrogens with zero attached hydrogens (tertiary/aromatic N) is 3. The second-order valence-electron chi connectivity index (χ2n) is 5.00. The van der Waals surface area contributed by atoms with Gasteiger partial charge < -0.3 is 5.32 Å². The normalized spacial score (nSPS) is 20.9. The fourth-order valence-corrected chi connectivity index (χ4v) is 2.82. The van der Waals surface area contributed by atoms with Crippen LogP contribution in [-0.2, 0) is 0 Å². The third-order valence-corrected chi connectivity index (χ3v) is 4.16. The number of nitriles is 1. The molecule has 0 radical (unpaired) electrons. The number of alkyl halides is 3. The van der Waals surface area contributed by atoms with Gasteiger partial charge in [0.25, 0.3) is 0 Å². The first-order valence-electron chi connectivity index (χ1n) is 6.46. The largest absolute Gasteiger partial charge is 0.410 e. The van der Waals surface area contributed by atoms with Gasteiger partial charge in [-0.1, -0.05) is 28.1 Å². The zero-order chi connectivity index (χ0) is 15.9. The van der Waals surface area contributed by atoms with E-state index in [1.165, 1.54) is 0 Å². The van der Waals surface area contributed by atoms with Crippen molar-refractivity contribution in [1.82, 2.24) is 9.78 Å². The molecule has 1 aromatic carbocycles. The van der Waals surface area contributed by atoms with Crippen LogP contribution >= 0.6 is 15.9 Å². The summed E-state index contributed by atoms with van der Waals surface area (Å²) in [7, 11) is 0. The molecule has 2 atom stereocenters. The summed E-state index contributed by atoms with van der Waals surface area (Å²) < 4.78 is 41.6. The van der Waals surface area contributed by atoms with E-state index in [1.54, 1.807) is 24.3 Å². The second-order valence-corrected chi connectivity index (χ2v) is 5.92. The lowest BCUT2D eigenvalue weighted by Crippen LogP contribution is -2.35. The van der Waals surface area contributed by atoms with E-state index in [4.69, 9.17) is 5.26 Å². The minimum absolute atomic E-state index is 0.107. The number of hydrogen-bond donors (Lipinski definition) is 1. The van der Waals surface area contributed by atoms with Crippen LogP contribution in [0.4, 0.5) is 19.0 Å². The Morgan fingerprint density at radius 3 is 2.59 bits per heavy atom. The fraction of sp³-hybridized carbons (Fsp3) is 0.286. The number of aromatic nitrogens is 2. The second kappa shape index (κ2) is 5.32. The van der Waals surface area contributed by atoms with E-state index in [-0.39, 0.29) is 17.8 Å². The molecule has 0 bridgehead atoms. The lowest BCUT2D eigenvalue weighted by Gasteiger charge is -2.33. The summed E-state index contributed by atoms with van der Waals surface area (Å²) in [5.74, 6) is 0.115. The zero-order valence-corrected chi connectivity index (χ0v) is 12.7. The topological polar surface area (TPSA) is 53.6 Å². The maximum Gasteiger partial charge on any atom is 0.410 e. The molecule has 0 spiro atoms. The van der Waals surface area contributed by atoms with Crippen LogP contribution < -0.4 is 5.32 Å². The number of rotatable bonds is 1. The molecule has 0 unspecified atom stereocenters. The van der Waals surface area contributed by atoms with E-state index in [0.717, 1.165) is 20.9 Å². The molecule has 2 aromatic rings. The SMILES string of the molecule is N#Cc1cnn2c1N[C@H](c1ccc(Br)cc1)C[C@@H]2C(F)(F)F. The number of fused-ring (bicyclic) bond motifs is 1. The maximum absolute atomic E-state index is 13.3. The van der Waals surface area contributed by atoms with Crippen molar-refractivity contribution in [3.8, 4) is 6.07 Å². The van der Waals surface area contributed by atoms with Crippen molar-refractivity contribution >= 4 is 21.7 Å². The van der Waals surface area contributed by atoms with E-state index in [9.17, 15) is 13.2 Å². The number of nitrogens with one attached hydrogen (secondary N) is 1. The van der Waals surface area contributed by atoms with Gasteiger partial charge in [-0.05, 0) is 17.7 Å². The summed E-state index contributed by atoms with van der Waals surface area (Å²) >= 11 is 3.30. The van der Waals surface area contributed by atoms with Gasteiger partial charge in [0.2, 0.25) is 0 Å². The van der Waals surface area contributed by atoms with Crippen LogP contribution in [0.25, 0.3) is 0 Å². The van der Waals surface area contributed by atoms with Crippen LogP contribution in [0, 0.1) is 11.3 Å². The van der Waals surface area contributed by atoms with Crippen LogP contribution in [0.5, 0.6) is 0 Å². The smallest absolute Gasteiger partial charge is 0.362 e. The summed E-state index contributed by atoms with van der Waals surface area (Å²) in [6.07, 6.45) is -3.45. The highest BCUT2D eigenvalue weighted by Crippen LogP contribution is 2.44. The first kappa shape index (κ1) is 14.9. The van der Waals surface area contributed by atoms with E-state index in [1.807, 2.05) is 6.07 Å². The van der Waals surface area contributed by atoms with E-state index >= 15 is 0 Å². The predicted octanol–water partition coefficient (Wildman–Crippen LogP) is 4.18. The minimum atomic E-state index is -4.43. The molecule has 0 fully saturated rings. The van der Waals surface area contributed by atoms with Crippen molar-refractivity contribution in [2.24, 2.45) is 0 Å². The van der Waals surface area contributed by atoms with Gasteiger partial charge in [0.1, 0.15) is 17.5 Å². The number of anilines is 1. The van der Waals surface area contributed by atoms with Gasteiger partial charge in [-0.15, -0.1) is 0 Å². The van der Waals surface area contributed by atoms with Crippen molar-refractivity contribution in [1.29, 1.82) is 5.26 Å². The lowest BCUT2D eigenvalue weighted by molar-refractivity contribution is -0.173. The van der Waals surface area contributed by atoms with Gasteiger partial charge in [-0.25, -0.2) is 4.68 Å². The van der Waals surface area contributed by atoms with Gasteiger partial charge in [0.05, 0.1) is 12.2 Å². The summed E-state index contributed by atoms with van der Waals surface area (Å²) in [5.41, 5.74) is 0.838. The summed E-state index contributed by atoms with van der Waals surface area (Å²) in [6.45, 7) is 0. The molecule has 2 heterocycles. The van der Waals surface area contributed by atoms with Gasteiger partial charge >= 0.3 is 6.18 Å². The molecular weight excluding hydrogens is 361 g/mol. The first-order chi connectivity index (χ1) is 10.4. The van der Waals surface area contributed by atoms with Gasteiger partial charge in [-0.2, -0.15) is 23.5 Å². The molecule has 8 heteroatoms. The first-order valence-corrected chi connectivity index (χ1v) is 7.26. The van der Waals surface area contributed by atoms with Crippen molar-refractivity contribution in [3.05, 3.63) is 46.1 Å². The quantitative estimate of drug-likeness (QED) is 0.819. The maximum atomic E-state index is 13.3. The predicted molar refractivity (Wildman–Crippen MR) is 77.2 cm³/mol. The molecule has 0 saturated heterocycles. The molecular formula is C14H10BrF3N4. The van der Waals surface area contributed by atoms with Crippen molar-refractivity contribution in [2.45, 2.75) is 24.7 Å².